The van der Waals surface area contributed by atoms with Gasteiger partial charge in [0.25, 0.3) is 0 Å². The smallest absolute Gasteiger partial charge is 0.208 e. The molecule has 0 amide bonds. The lowest BCUT2D eigenvalue weighted by Gasteiger charge is -2.01. The molecule has 0 saturated heterocycles. The second-order valence-electron chi connectivity index (χ2n) is 3.36. The fraction of sp³-hybridized carbons (Fsp3) is 0.0909. The Hall–Kier alpha value is -1.55. The van der Waals surface area contributed by atoms with Crippen molar-refractivity contribution in [2.24, 2.45) is 0 Å². The lowest BCUT2D eigenvalue weighted by atomic mass is 10.2. The molecule has 0 fully saturated rings. The maximum Gasteiger partial charge on any atom is 0.208 e. The van der Waals surface area contributed by atoms with Crippen LogP contribution in [0.2, 0.25) is 0 Å². The maximum absolute atomic E-state index is 12.0. The summed E-state index contributed by atoms with van der Waals surface area (Å²) in [4.78, 5) is 3.36. The van der Waals surface area contributed by atoms with Gasteiger partial charge in [0, 0.05) is 12.4 Å². The molecular weight excluding hydrogens is 210 g/mol. The molecule has 1 heterocycles. The van der Waals surface area contributed by atoms with E-state index in [2.05, 4.69) is 4.98 Å². The molecule has 0 aliphatic heterocycles. The Balaban J connectivity index is 2.52. The fourth-order valence-corrected chi connectivity index (χ4v) is 2.57. The number of rotatable bonds is 2. The zero-order valence-corrected chi connectivity index (χ0v) is 9.08. The quantitative estimate of drug-likeness (QED) is 0.844. The molecule has 78 valence electrons. The average Bonchev–Trinajstić information content (AvgIpc) is 2.71. The molecule has 0 spiro atoms. The Morgan fingerprint density at radius 1 is 1.00 bits per heavy atom. The van der Waals surface area contributed by atoms with Gasteiger partial charge in [-0.15, -0.1) is 0 Å². The van der Waals surface area contributed by atoms with Crippen molar-refractivity contribution in [3.63, 3.8) is 0 Å². The topological polar surface area (TPSA) is 49.9 Å². The van der Waals surface area contributed by atoms with Crippen LogP contribution in [0.1, 0.15) is 5.56 Å². The molecule has 2 rings (SSSR count). The molecule has 0 aliphatic rings. The van der Waals surface area contributed by atoms with Gasteiger partial charge in [-0.3, -0.25) is 0 Å². The molecular formula is C11H11NO2S. The van der Waals surface area contributed by atoms with E-state index in [4.69, 9.17) is 0 Å². The maximum atomic E-state index is 12.0. The summed E-state index contributed by atoms with van der Waals surface area (Å²) >= 11 is 0. The lowest BCUT2D eigenvalue weighted by Crippen LogP contribution is -2.00. The zero-order valence-electron chi connectivity index (χ0n) is 8.27. The van der Waals surface area contributed by atoms with Crippen molar-refractivity contribution in [3.05, 3.63) is 48.3 Å². The van der Waals surface area contributed by atoms with Crippen LogP contribution < -0.4 is 0 Å². The molecule has 0 saturated carbocycles. The van der Waals surface area contributed by atoms with E-state index in [9.17, 15) is 8.42 Å². The van der Waals surface area contributed by atoms with Gasteiger partial charge in [-0.05, 0) is 25.1 Å². The molecule has 2 aromatic rings. The Kier molecular flexibility index (Phi) is 2.36. The van der Waals surface area contributed by atoms with Gasteiger partial charge in [0.05, 0.1) is 9.79 Å². The Morgan fingerprint density at radius 3 is 2.20 bits per heavy atom. The van der Waals surface area contributed by atoms with E-state index >= 15 is 0 Å². The molecule has 0 bridgehead atoms. The van der Waals surface area contributed by atoms with Crippen LogP contribution in [-0.2, 0) is 9.84 Å². The van der Waals surface area contributed by atoms with Crippen molar-refractivity contribution < 1.29 is 8.42 Å². The number of aromatic nitrogens is 1. The van der Waals surface area contributed by atoms with Gasteiger partial charge < -0.3 is 4.98 Å². The lowest BCUT2D eigenvalue weighted by molar-refractivity contribution is 0.596. The number of hydrogen-bond donors (Lipinski definition) is 1. The highest BCUT2D eigenvalue weighted by Gasteiger charge is 2.17. The number of nitrogens with one attached hydrogen (secondary N) is 1. The number of benzene rings is 1. The summed E-state index contributed by atoms with van der Waals surface area (Å²) in [5.74, 6) is 0. The number of sulfone groups is 1. The zero-order chi connectivity index (χ0) is 10.9. The second kappa shape index (κ2) is 3.55. The highest BCUT2D eigenvalue weighted by molar-refractivity contribution is 7.91. The molecule has 0 atom stereocenters. The van der Waals surface area contributed by atoms with Crippen LogP contribution in [0.4, 0.5) is 0 Å². The van der Waals surface area contributed by atoms with Crippen molar-refractivity contribution >= 4 is 9.84 Å². The van der Waals surface area contributed by atoms with Crippen LogP contribution in [0, 0.1) is 6.92 Å². The summed E-state index contributed by atoms with van der Waals surface area (Å²) in [5, 5.41) is 0. The average molecular weight is 221 g/mol. The number of hydrogen-bond acceptors (Lipinski definition) is 2. The molecule has 3 nitrogen and oxygen atoms in total. The van der Waals surface area contributed by atoms with E-state index in [1.165, 1.54) is 6.20 Å². The predicted octanol–water partition coefficient (Wildman–Crippen LogP) is 2.16. The van der Waals surface area contributed by atoms with Gasteiger partial charge in [0.15, 0.2) is 0 Å². The highest BCUT2D eigenvalue weighted by atomic mass is 32.2. The summed E-state index contributed by atoms with van der Waals surface area (Å²) in [7, 11) is -3.34. The van der Waals surface area contributed by atoms with E-state index in [0.717, 1.165) is 5.56 Å². The fourth-order valence-electron chi connectivity index (χ4n) is 1.33. The van der Waals surface area contributed by atoms with Gasteiger partial charge in [-0.2, -0.15) is 0 Å². The van der Waals surface area contributed by atoms with Crippen LogP contribution in [0.5, 0.6) is 0 Å². The Bertz CT molecular complexity index is 539. The van der Waals surface area contributed by atoms with Crippen molar-refractivity contribution in [2.45, 2.75) is 16.7 Å². The summed E-state index contributed by atoms with van der Waals surface area (Å²) < 4.78 is 24.0. The third-order valence-electron chi connectivity index (χ3n) is 2.21. The van der Waals surface area contributed by atoms with E-state index in [-0.39, 0.29) is 0 Å². The Labute approximate surface area is 88.7 Å². The van der Waals surface area contributed by atoms with E-state index in [1.807, 2.05) is 6.92 Å². The molecule has 1 aromatic heterocycles. The van der Waals surface area contributed by atoms with Gasteiger partial charge >= 0.3 is 0 Å². The van der Waals surface area contributed by atoms with E-state index < -0.39 is 9.84 Å². The minimum atomic E-state index is -3.34. The minimum Gasteiger partial charge on any atom is -0.366 e. The van der Waals surface area contributed by atoms with Crippen molar-refractivity contribution in [2.75, 3.05) is 0 Å². The molecule has 4 heteroatoms. The molecule has 1 N–H and O–H groups in total. The minimum absolute atomic E-state index is 0.298. The van der Waals surface area contributed by atoms with E-state index in [0.29, 0.717) is 9.79 Å². The molecule has 0 radical (unpaired) electrons. The summed E-state index contributed by atoms with van der Waals surface area (Å²) in [6.07, 6.45) is 3.08. The first-order valence-corrected chi connectivity index (χ1v) is 6.03. The first-order valence-electron chi connectivity index (χ1n) is 4.55. The predicted molar refractivity (Wildman–Crippen MR) is 57.4 cm³/mol. The molecule has 1 aromatic carbocycles. The molecule has 0 unspecified atom stereocenters. The van der Waals surface area contributed by atoms with Crippen molar-refractivity contribution in [1.82, 2.24) is 4.98 Å². The number of aryl methyl sites for hydroxylation is 1. The van der Waals surface area contributed by atoms with E-state index in [1.54, 1.807) is 36.5 Å². The van der Waals surface area contributed by atoms with Crippen LogP contribution in [0.3, 0.4) is 0 Å². The number of aromatic amines is 1. The van der Waals surface area contributed by atoms with Crippen LogP contribution in [0.15, 0.2) is 52.5 Å². The van der Waals surface area contributed by atoms with Crippen molar-refractivity contribution in [1.29, 1.82) is 0 Å². The van der Waals surface area contributed by atoms with Crippen LogP contribution in [0.25, 0.3) is 0 Å². The van der Waals surface area contributed by atoms with Gasteiger partial charge in [-0.1, -0.05) is 17.7 Å². The standard InChI is InChI=1S/C11H11NO2S/c1-9-2-4-10(5-3-9)15(13,14)11-6-7-12-8-11/h2-8,12H,1H3. The van der Waals surface area contributed by atoms with Gasteiger partial charge in [0.1, 0.15) is 0 Å². The normalized spacial score (nSPS) is 11.5. The SMILES string of the molecule is Cc1ccc(S(=O)(=O)c2cc[nH]c2)cc1. The number of H-pyrrole nitrogens is 1. The molecule has 0 aliphatic carbocycles. The van der Waals surface area contributed by atoms with Crippen LogP contribution >= 0.6 is 0 Å². The highest BCUT2D eigenvalue weighted by Crippen LogP contribution is 2.20. The first-order chi connectivity index (χ1) is 7.10. The summed E-state index contributed by atoms with van der Waals surface area (Å²) in [6, 6.07) is 8.38. The first kappa shape index (κ1) is 9.98. The largest absolute Gasteiger partial charge is 0.366 e. The van der Waals surface area contributed by atoms with Crippen LogP contribution in [-0.4, -0.2) is 13.4 Å². The van der Waals surface area contributed by atoms with Crippen molar-refractivity contribution in [3.8, 4) is 0 Å². The van der Waals surface area contributed by atoms with Gasteiger partial charge in [0.2, 0.25) is 9.84 Å². The van der Waals surface area contributed by atoms with Gasteiger partial charge in [-0.25, -0.2) is 8.42 Å². The molecule has 15 heavy (non-hydrogen) atoms. The Morgan fingerprint density at radius 2 is 1.67 bits per heavy atom. The third kappa shape index (κ3) is 1.80. The summed E-state index contributed by atoms with van der Waals surface area (Å²) in [5.41, 5.74) is 1.04. The monoisotopic (exact) mass is 221 g/mol. The summed E-state index contributed by atoms with van der Waals surface area (Å²) in [6.45, 7) is 1.92. The third-order valence-corrected chi connectivity index (χ3v) is 3.98. The second-order valence-corrected chi connectivity index (χ2v) is 5.31.